The normalized spacial score (nSPS) is 31.8. The number of carbonyl (C=O) groups is 2. The Morgan fingerprint density at radius 1 is 1.04 bits per heavy atom. The molecule has 148 valence electrons. The number of piperazine rings is 1. The van der Waals surface area contributed by atoms with Gasteiger partial charge in [-0.15, -0.1) is 0 Å². The third-order valence-corrected chi connectivity index (χ3v) is 8.06. The third-order valence-electron chi connectivity index (χ3n) is 5.83. The zero-order valence-corrected chi connectivity index (χ0v) is 16.7. The van der Waals surface area contributed by atoms with Gasteiger partial charge in [0.25, 0.3) is 0 Å². The van der Waals surface area contributed by atoms with Crippen molar-refractivity contribution in [3.63, 3.8) is 0 Å². The highest BCUT2D eigenvalue weighted by Gasteiger charge is 2.52. The zero-order chi connectivity index (χ0) is 19.1. The number of likely N-dealkylation sites (tertiary alicyclic amines) is 1. The van der Waals surface area contributed by atoms with Gasteiger partial charge in [0.1, 0.15) is 0 Å². The van der Waals surface area contributed by atoms with Crippen LogP contribution in [-0.4, -0.2) is 98.4 Å². The van der Waals surface area contributed by atoms with Gasteiger partial charge in [0.15, 0.2) is 9.84 Å². The standard InChI is InChI=1S/C17H30N4O4S/c1-12(2)18-17(23)21-10-14-13(4-9-26(24,25)15(14)11-21)16(22)20-7-5-19(3)6-8-20/h12-15H,4-11H2,1-3H3,(H,18,23)/t13-,14-,15-/m1/s1. The molecule has 3 atom stereocenters. The molecule has 3 aliphatic rings. The van der Waals surface area contributed by atoms with Gasteiger partial charge >= 0.3 is 6.03 Å². The van der Waals surface area contributed by atoms with Crippen LogP contribution in [0.1, 0.15) is 20.3 Å². The maximum Gasteiger partial charge on any atom is 0.317 e. The molecule has 0 aliphatic carbocycles. The number of hydrogen-bond donors (Lipinski definition) is 1. The van der Waals surface area contributed by atoms with E-state index in [1.807, 2.05) is 25.8 Å². The number of urea groups is 1. The minimum atomic E-state index is -3.26. The van der Waals surface area contributed by atoms with Gasteiger partial charge in [-0.3, -0.25) is 4.79 Å². The monoisotopic (exact) mass is 386 g/mol. The van der Waals surface area contributed by atoms with Crippen molar-refractivity contribution >= 4 is 21.8 Å². The maximum atomic E-state index is 13.1. The number of nitrogens with zero attached hydrogens (tertiary/aromatic N) is 3. The number of hydrogen-bond acceptors (Lipinski definition) is 5. The molecule has 8 nitrogen and oxygen atoms in total. The molecule has 3 fully saturated rings. The molecule has 3 heterocycles. The fourth-order valence-electron chi connectivity index (χ4n) is 4.29. The minimum absolute atomic E-state index is 0.00972. The highest BCUT2D eigenvalue weighted by atomic mass is 32.2. The summed E-state index contributed by atoms with van der Waals surface area (Å²) in [4.78, 5) is 31.0. The lowest BCUT2D eigenvalue weighted by Crippen LogP contribution is -2.53. The molecule has 3 amide bonds. The van der Waals surface area contributed by atoms with Crippen molar-refractivity contribution in [2.75, 3.05) is 52.1 Å². The van der Waals surface area contributed by atoms with Gasteiger partial charge < -0.3 is 20.0 Å². The summed E-state index contributed by atoms with van der Waals surface area (Å²) in [7, 11) is -1.23. The number of nitrogens with one attached hydrogen (secondary N) is 1. The Hall–Kier alpha value is -1.35. The first-order chi connectivity index (χ1) is 12.2. The molecule has 9 heteroatoms. The lowest BCUT2D eigenvalue weighted by molar-refractivity contribution is -0.139. The zero-order valence-electron chi connectivity index (χ0n) is 15.8. The molecule has 3 aliphatic heterocycles. The van der Waals surface area contributed by atoms with E-state index in [0.29, 0.717) is 26.1 Å². The number of sulfone groups is 1. The Morgan fingerprint density at radius 2 is 1.69 bits per heavy atom. The molecule has 0 radical (unpaired) electrons. The Morgan fingerprint density at radius 3 is 2.31 bits per heavy atom. The highest BCUT2D eigenvalue weighted by molar-refractivity contribution is 7.92. The first-order valence-corrected chi connectivity index (χ1v) is 11.1. The summed E-state index contributed by atoms with van der Waals surface area (Å²) in [5.41, 5.74) is 0. The van der Waals surface area contributed by atoms with Crippen LogP contribution in [0, 0.1) is 11.8 Å². The van der Waals surface area contributed by atoms with Crippen molar-refractivity contribution < 1.29 is 18.0 Å². The second-order valence-electron chi connectivity index (χ2n) is 8.10. The van der Waals surface area contributed by atoms with E-state index in [4.69, 9.17) is 0 Å². The molecule has 0 spiro atoms. The fourth-order valence-corrected chi connectivity index (χ4v) is 6.39. The largest absolute Gasteiger partial charge is 0.340 e. The summed E-state index contributed by atoms with van der Waals surface area (Å²) in [5.74, 6) is -0.491. The van der Waals surface area contributed by atoms with Gasteiger partial charge in [-0.1, -0.05) is 0 Å². The SMILES string of the molecule is CC(C)NC(=O)N1C[C@H]2[C@@H](C1)S(=O)(=O)CC[C@H]2C(=O)N1CCN(C)CC1. The summed E-state index contributed by atoms with van der Waals surface area (Å²) in [6.45, 7) is 7.34. The summed E-state index contributed by atoms with van der Waals surface area (Å²) >= 11 is 0. The first kappa shape index (κ1) is 19.4. The lowest BCUT2D eigenvalue weighted by atomic mass is 9.87. The second kappa shape index (κ2) is 7.34. The summed E-state index contributed by atoms with van der Waals surface area (Å²) in [6, 6.07) is -0.250. The van der Waals surface area contributed by atoms with Crippen LogP contribution in [0.2, 0.25) is 0 Å². The van der Waals surface area contributed by atoms with Gasteiger partial charge in [-0.25, -0.2) is 13.2 Å². The van der Waals surface area contributed by atoms with Crippen LogP contribution < -0.4 is 5.32 Å². The molecule has 0 saturated carbocycles. The van der Waals surface area contributed by atoms with E-state index < -0.39 is 15.1 Å². The first-order valence-electron chi connectivity index (χ1n) is 9.43. The van der Waals surface area contributed by atoms with Gasteiger partial charge in [-0.2, -0.15) is 0 Å². The maximum absolute atomic E-state index is 13.1. The smallest absolute Gasteiger partial charge is 0.317 e. The lowest BCUT2D eigenvalue weighted by Gasteiger charge is -2.38. The van der Waals surface area contributed by atoms with Crippen LogP contribution >= 0.6 is 0 Å². The van der Waals surface area contributed by atoms with Crippen molar-refractivity contribution in [1.82, 2.24) is 20.0 Å². The molecule has 26 heavy (non-hydrogen) atoms. The quantitative estimate of drug-likeness (QED) is 0.698. The van der Waals surface area contributed by atoms with E-state index in [1.165, 1.54) is 0 Å². The minimum Gasteiger partial charge on any atom is -0.340 e. The summed E-state index contributed by atoms with van der Waals surface area (Å²) in [5, 5.41) is 2.21. The molecular weight excluding hydrogens is 356 g/mol. The van der Waals surface area contributed by atoms with Crippen LogP contribution in [0.4, 0.5) is 4.79 Å². The van der Waals surface area contributed by atoms with Crippen molar-refractivity contribution in [3.8, 4) is 0 Å². The molecule has 0 bridgehead atoms. The Kier molecular flexibility index (Phi) is 5.48. The predicted molar refractivity (Wildman–Crippen MR) is 98.5 cm³/mol. The van der Waals surface area contributed by atoms with Gasteiger partial charge in [0.2, 0.25) is 5.91 Å². The van der Waals surface area contributed by atoms with Gasteiger partial charge in [0.05, 0.1) is 11.0 Å². The van der Waals surface area contributed by atoms with Gasteiger partial charge in [-0.05, 0) is 27.3 Å². The molecule has 3 saturated heterocycles. The molecule has 0 unspecified atom stereocenters. The van der Waals surface area contributed by atoms with Crippen molar-refractivity contribution in [2.24, 2.45) is 11.8 Å². The molecule has 0 aromatic heterocycles. The number of amides is 3. The molecule has 0 aromatic rings. The molecular formula is C17H30N4O4S. The van der Waals surface area contributed by atoms with E-state index in [-0.39, 0.29) is 42.1 Å². The Labute approximate surface area is 155 Å². The van der Waals surface area contributed by atoms with Crippen molar-refractivity contribution in [2.45, 2.75) is 31.6 Å². The average molecular weight is 387 g/mol. The van der Waals surface area contributed by atoms with E-state index in [9.17, 15) is 18.0 Å². The van der Waals surface area contributed by atoms with Crippen LogP contribution in [0.3, 0.4) is 0 Å². The van der Waals surface area contributed by atoms with Crippen molar-refractivity contribution in [3.05, 3.63) is 0 Å². The number of carbonyl (C=O) groups excluding carboxylic acids is 2. The summed E-state index contributed by atoms with van der Waals surface area (Å²) < 4.78 is 25.1. The van der Waals surface area contributed by atoms with E-state index in [1.54, 1.807) is 4.90 Å². The Balaban J connectivity index is 1.74. The van der Waals surface area contributed by atoms with E-state index >= 15 is 0 Å². The Bertz CT molecular complexity index is 658. The fraction of sp³-hybridized carbons (Fsp3) is 0.882. The molecule has 3 rings (SSSR count). The van der Waals surface area contributed by atoms with Crippen LogP contribution in [0.15, 0.2) is 0 Å². The summed E-state index contributed by atoms with van der Waals surface area (Å²) in [6.07, 6.45) is 0.369. The van der Waals surface area contributed by atoms with Gasteiger partial charge in [0, 0.05) is 57.1 Å². The second-order valence-corrected chi connectivity index (χ2v) is 10.4. The molecule has 0 aromatic carbocycles. The number of likely N-dealkylation sites (N-methyl/N-ethyl adjacent to an activating group) is 1. The number of rotatable bonds is 2. The van der Waals surface area contributed by atoms with Crippen molar-refractivity contribution in [1.29, 1.82) is 0 Å². The molecule has 1 N–H and O–H groups in total. The van der Waals surface area contributed by atoms with Crippen LogP contribution in [0.5, 0.6) is 0 Å². The van der Waals surface area contributed by atoms with Crippen LogP contribution in [-0.2, 0) is 14.6 Å². The van der Waals surface area contributed by atoms with E-state index in [2.05, 4.69) is 10.2 Å². The van der Waals surface area contributed by atoms with E-state index in [0.717, 1.165) is 13.1 Å². The number of fused-ring (bicyclic) bond motifs is 1. The third kappa shape index (κ3) is 3.83. The topological polar surface area (TPSA) is 90.0 Å². The van der Waals surface area contributed by atoms with Crippen LogP contribution in [0.25, 0.3) is 0 Å². The average Bonchev–Trinajstić information content (AvgIpc) is 3.01. The predicted octanol–water partition coefficient (Wildman–Crippen LogP) is -0.386. The highest BCUT2D eigenvalue weighted by Crippen LogP contribution is 2.38.